The number of benzene rings is 1. The van der Waals surface area contributed by atoms with E-state index in [9.17, 15) is 9.50 Å². The standard InChI is InChI=1S/C17H20FN5OS/c1-2-21-7-9-22(10-8-21)14(12-3-5-13(18)6-4-12)15-16(24)23-17(25-15)19-11-20-23/h3-6,11,14,24H,2,7-10H2,1H3/t14-/m1/s1. The molecule has 1 N–H and O–H groups in total. The summed E-state index contributed by atoms with van der Waals surface area (Å²) in [6, 6.07) is 6.40. The summed E-state index contributed by atoms with van der Waals surface area (Å²) in [4.78, 5) is 10.4. The Bertz CT molecular complexity index is 854. The molecule has 1 atom stereocenters. The number of hydrogen-bond donors (Lipinski definition) is 1. The number of halogens is 1. The van der Waals surface area contributed by atoms with Gasteiger partial charge in [0.05, 0.1) is 10.9 Å². The van der Waals surface area contributed by atoms with Gasteiger partial charge in [-0.25, -0.2) is 9.37 Å². The van der Waals surface area contributed by atoms with Gasteiger partial charge in [0.25, 0.3) is 0 Å². The summed E-state index contributed by atoms with van der Waals surface area (Å²) in [5.74, 6) is -0.144. The van der Waals surface area contributed by atoms with E-state index in [4.69, 9.17) is 0 Å². The molecule has 132 valence electrons. The summed E-state index contributed by atoms with van der Waals surface area (Å²) in [7, 11) is 0. The molecule has 1 fully saturated rings. The maximum absolute atomic E-state index is 13.4. The monoisotopic (exact) mass is 361 g/mol. The lowest BCUT2D eigenvalue weighted by Gasteiger charge is -2.38. The Hall–Kier alpha value is -2.03. The Labute approximate surface area is 149 Å². The summed E-state index contributed by atoms with van der Waals surface area (Å²) < 4.78 is 14.9. The maximum atomic E-state index is 13.4. The highest BCUT2D eigenvalue weighted by Crippen LogP contribution is 2.39. The molecule has 1 aliphatic heterocycles. The molecule has 0 bridgehead atoms. The van der Waals surface area contributed by atoms with E-state index in [2.05, 4.69) is 26.8 Å². The molecule has 0 spiro atoms. The van der Waals surface area contributed by atoms with Crippen molar-refractivity contribution in [3.63, 3.8) is 0 Å². The number of likely N-dealkylation sites (N-methyl/N-ethyl adjacent to an activating group) is 1. The van der Waals surface area contributed by atoms with E-state index < -0.39 is 0 Å². The fourth-order valence-corrected chi connectivity index (χ4v) is 4.47. The van der Waals surface area contributed by atoms with E-state index in [0.29, 0.717) is 4.96 Å². The maximum Gasteiger partial charge on any atom is 0.230 e. The van der Waals surface area contributed by atoms with Gasteiger partial charge in [-0.15, -0.1) is 0 Å². The predicted molar refractivity (Wildman–Crippen MR) is 94.5 cm³/mol. The molecule has 0 aliphatic carbocycles. The Kier molecular flexibility index (Phi) is 4.41. The summed E-state index contributed by atoms with van der Waals surface area (Å²) in [5, 5.41) is 14.7. The van der Waals surface area contributed by atoms with E-state index in [-0.39, 0.29) is 17.7 Å². The minimum absolute atomic E-state index is 0.116. The van der Waals surface area contributed by atoms with Crippen LogP contribution in [0.25, 0.3) is 4.96 Å². The molecule has 0 saturated carbocycles. The summed E-state index contributed by atoms with van der Waals surface area (Å²) in [6.07, 6.45) is 1.43. The number of rotatable bonds is 4. The van der Waals surface area contributed by atoms with Gasteiger partial charge in [0.2, 0.25) is 10.8 Å². The van der Waals surface area contributed by atoms with Gasteiger partial charge in [0.15, 0.2) is 0 Å². The van der Waals surface area contributed by atoms with E-state index in [1.54, 1.807) is 12.1 Å². The van der Waals surface area contributed by atoms with Gasteiger partial charge in [-0.3, -0.25) is 4.90 Å². The van der Waals surface area contributed by atoms with Crippen LogP contribution in [0.5, 0.6) is 5.88 Å². The highest BCUT2D eigenvalue weighted by atomic mass is 32.1. The second kappa shape index (κ2) is 6.70. The molecular weight excluding hydrogens is 341 g/mol. The highest BCUT2D eigenvalue weighted by Gasteiger charge is 2.31. The third-order valence-electron chi connectivity index (χ3n) is 4.79. The third kappa shape index (κ3) is 3.01. The second-order valence-electron chi connectivity index (χ2n) is 6.17. The highest BCUT2D eigenvalue weighted by molar-refractivity contribution is 7.17. The molecule has 25 heavy (non-hydrogen) atoms. The van der Waals surface area contributed by atoms with Crippen molar-refractivity contribution in [2.75, 3.05) is 32.7 Å². The van der Waals surface area contributed by atoms with Crippen molar-refractivity contribution < 1.29 is 9.50 Å². The van der Waals surface area contributed by atoms with Crippen LogP contribution in [0.15, 0.2) is 30.6 Å². The molecule has 1 aromatic carbocycles. The molecule has 1 saturated heterocycles. The zero-order valence-corrected chi connectivity index (χ0v) is 14.8. The van der Waals surface area contributed by atoms with Crippen molar-refractivity contribution in [1.29, 1.82) is 0 Å². The number of thiazole rings is 1. The lowest BCUT2D eigenvalue weighted by molar-refractivity contribution is 0.113. The van der Waals surface area contributed by atoms with Crippen molar-refractivity contribution in [3.05, 3.63) is 46.9 Å². The van der Waals surface area contributed by atoms with Gasteiger partial charge in [-0.1, -0.05) is 30.4 Å². The Morgan fingerprint density at radius 2 is 1.92 bits per heavy atom. The van der Waals surface area contributed by atoms with Crippen LogP contribution in [0.1, 0.15) is 23.4 Å². The molecular formula is C17H20FN5OS. The molecule has 0 amide bonds. The first-order valence-corrected chi connectivity index (χ1v) is 9.22. The zero-order valence-electron chi connectivity index (χ0n) is 14.0. The smallest absolute Gasteiger partial charge is 0.230 e. The van der Waals surface area contributed by atoms with Crippen LogP contribution in [-0.2, 0) is 0 Å². The molecule has 2 aromatic heterocycles. The average molecular weight is 361 g/mol. The van der Waals surface area contributed by atoms with E-state index >= 15 is 0 Å². The second-order valence-corrected chi connectivity index (χ2v) is 7.18. The first-order chi connectivity index (χ1) is 12.2. The van der Waals surface area contributed by atoms with E-state index in [1.807, 2.05) is 0 Å². The topological polar surface area (TPSA) is 56.9 Å². The minimum atomic E-state index is -0.259. The Morgan fingerprint density at radius 3 is 2.56 bits per heavy atom. The van der Waals surface area contributed by atoms with Gasteiger partial charge in [0, 0.05) is 26.2 Å². The molecule has 1 aliphatic rings. The van der Waals surface area contributed by atoms with Crippen molar-refractivity contribution in [1.82, 2.24) is 24.4 Å². The molecule has 6 nitrogen and oxygen atoms in total. The van der Waals surface area contributed by atoms with E-state index in [0.717, 1.165) is 43.2 Å². The first-order valence-electron chi connectivity index (χ1n) is 8.40. The predicted octanol–water partition coefficient (Wildman–Crippen LogP) is 2.36. The lowest BCUT2D eigenvalue weighted by atomic mass is 10.0. The molecule has 0 radical (unpaired) electrons. The largest absolute Gasteiger partial charge is 0.492 e. The van der Waals surface area contributed by atoms with Crippen molar-refractivity contribution in [2.24, 2.45) is 0 Å². The molecule has 8 heteroatoms. The number of nitrogens with zero attached hydrogens (tertiary/aromatic N) is 5. The first kappa shape index (κ1) is 16.4. The van der Waals surface area contributed by atoms with Gasteiger partial charge < -0.3 is 10.0 Å². The van der Waals surface area contributed by atoms with Gasteiger partial charge in [0.1, 0.15) is 12.1 Å². The number of piperazine rings is 1. The van der Waals surface area contributed by atoms with Gasteiger partial charge in [-0.05, 0) is 24.2 Å². The van der Waals surface area contributed by atoms with Crippen molar-refractivity contribution >= 4 is 16.3 Å². The van der Waals surface area contributed by atoms with Crippen LogP contribution in [-0.4, -0.2) is 62.2 Å². The van der Waals surface area contributed by atoms with Crippen LogP contribution in [0.2, 0.25) is 0 Å². The van der Waals surface area contributed by atoms with Crippen LogP contribution in [0.4, 0.5) is 4.39 Å². The Morgan fingerprint density at radius 1 is 1.20 bits per heavy atom. The normalized spacial score (nSPS) is 18.0. The van der Waals surface area contributed by atoms with Gasteiger partial charge in [-0.2, -0.15) is 9.61 Å². The van der Waals surface area contributed by atoms with E-state index in [1.165, 1.54) is 34.3 Å². The summed E-state index contributed by atoms with van der Waals surface area (Å²) in [6.45, 7) is 6.95. The SMILES string of the molecule is CCN1CCN([C@H](c2ccc(F)cc2)c2sc3ncnn3c2O)CC1. The van der Waals surface area contributed by atoms with Crippen molar-refractivity contribution in [3.8, 4) is 5.88 Å². The fraction of sp³-hybridized carbons (Fsp3) is 0.412. The molecule has 3 aromatic rings. The zero-order chi connectivity index (χ0) is 17.4. The molecule has 0 unspecified atom stereocenters. The molecule has 3 heterocycles. The molecule has 4 rings (SSSR count). The fourth-order valence-electron chi connectivity index (χ4n) is 3.38. The number of aromatic hydroxyl groups is 1. The van der Waals surface area contributed by atoms with Crippen molar-refractivity contribution in [2.45, 2.75) is 13.0 Å². The van der Waals surface area contributed by atoms with Crippen LogP contribution < -0.4 is 0 Å². The average Bonchev–Trinajstić information content (AvgIpc) is 3.21. The van der Waals surface area contributed by atoms with Crippen LogP contribution in [0.3, 0.4) is 0 Å². The van der Waals surface area contributed by atoms with Crippen LogP contribution >= 0.6 is 11.3 Å². The minimum Gasteiger partial charge on any atom is -0.492 e. The summed E-state index contributed by atoms with van der Waals surface area (Å²) >= 11 is 1.43. The lowest BCUT2D eigenvalue weighted by Crippen LogP contribution is -2.47. The van der Waals surface area contributed by atoms with Crippen LogP contribution in [0, 0.1) is 5.82 Å². The third-order valence-corrected chi connectivity index (χ3v) is 5.88. The summed E-state index contributed by atoms with van der Waals surface area (Å²) in [5.41, 5.74) is 0.964. The number of hydrogen-bond acceptors (Lipinski definition) is 6. The number of fused-ring (bicyclic) bond motifs is 1. The quantitative estimate of drug-likeness (QED) is 0.773. The number of aromatic nitrogens is 3. The Balaban J connectivity index is 1.74. The van der Waals surface area contributed by atoms with Gasteiger partial charge >= 0.3 is 0 Å².